The van der Waals surface area contributed by atoms with Crippen molar-refractivity contribution in [2.75, 3.05) is 25.6 Å². The molecule has 0 aliphatic carbocycles. The monoisotopic (exact) mass is 326 g/mol. The van der Waals surface area contributed by atoms with Crippen molar-refractivity contribution >= 4 is 23.4 Å². The molecular weight excluding hydrogens is 304 g/mol. The first kappa shape index (κ1) is 18.3. The lowest BCUT2D eigenvalue weighted by atomic mass is 10.1. The van der Waals surface area contributed by atoms with Crippen LogP contribution in [-0.4, -0.2) is 37.4 Å². The number of hydrogen-bond donors (Lipinski definition) is 2. The lowest BCUT2D eigenvalue weighted by molar-refractivity contribution is -0.124. The van der Waals surface area contributed by atoms with Crippen LogP contribution in [0.15, 0.2) is 18.2 Å². The van der Waals surface area contributed by atoms with Crippen molar-refractivity contribution in [1.29, 1.82) is 0 Å². The molecule has 0 aliphatic heterocycles. The molecule has 5 nitrogen and oxygen atoms in total. The average Bonchev–Trinajstić information content (AvgIpc) is 2.48. The van der Waals surface area contributed by atoms with Crippen molar-refractivity contribution in [3.63, 3.8) is 0 Å². The van der Waals surface area contributed by atoms with Crippen molar-refractivity contribution in [3.05, 3.63) is 29.3 Å². The van der Waals surface area contributed by atoms with Crippen LogP contribution in [-0.2, 0) is 9.59 Å². The molecule has 0 unspecified atom stereocenters. The first-order valence-electron chi connectivity index (χ1n) is 7.32. The molecule has 0 saturated carbocycles. The van der Waals surface area contributed by atoms with E-state index in [-0.39, 0.29) is 18.4 Å². The van der Waals surface area contributed by atoms with Gasteiger partial charge >= 0.3 is 0 Å². The van der Waals surface area contributed by atoms with Crippen molar-refractivity contribution in [1.82, 2.24) is 10.6 Å². The molecule has 1 aromatic rings. The van der Waals surface area contributed by atoms with Gasteiger partial charge in [0.05, 0.1) is 0 Å². The van der Waals surface area contributed by atoms with E-state index in [2.05, 4.69) is 10.6 Å². The molecule has 1 rings (SSSR count). The summed E-state index contributed by atoms with van der Waals surface area (Å²) in [6.45, 7) is 4.68. The topological polar surface area (TPSA) is 67.4 Å². The van der Waals surface area contributed by atoms with Crippen LogP contribution in [0.3, 0.4) is 0 Å². The molecule has 2 N–H and O–H groups in total. The molecule has 122 valence electrons. The highest BCUT2D eigenvalue weighted by atomic mass is 35.5. The second-order valence-electron chi connectivity index (χ2n) is 5.05. The number of aryl methyl sites for hydroxylation is 2. The first-order chi connectivity index (χ1) is 10.5. The van der Waals surface area contributed by atoms with E-state index in [1.54, 1.807) is 0 Å². The number of hydrogen-bond acceptors (Lipinski definition) is 3. The minimum absolute atomic E-state index is 0.0376. The lowest BCUT2D eigenvalue weighted by Crippen LogP contribution is -2.36. The van der Waals surface area contributed by atoms with Gasteiger partial charge in [-0.2, -0.15) is 0 Å². The summed E-state index contributed by atoms with van der Waals surface area (Å²) in [5.74, 6) is 0.909. The van der Waals surface area contributed by atoms with Gasteiger partial charge in [0.2, 0.25) is 5.91 Å². The molecule has 0 heterocycles. The highest BCUT2D eigenvalue weighted by Crippen LogP contribution is 2.18. The van der Waals surface area contributed by atoms with E-state index in [4.69, 9.17) is 16.3 Å². The first-order valence-corrected chi connectivity index (χ1v) is 7.86. The third-order valence-corrected chi connectivity index (χ3v) is 3.26. The number of alkyl halides is 1. The molecule has 0 radical (unpaired) electrons. The van der Waals surface area contributed by atoms with Crippen LogP contribution >= 0.6 is 11.6 Å². The van der Waals surface area contributed by atoms with Crippen LogP contribution in [0.2, 0.25) is 0 Å². The van der Waals surface area contributed by atoms with Gasteiger partial charge in [0, 0.05) is 25.4 Å². The average molecular weight is 327 g/mol. The van der Waals surface area contributed by atoms with E-state index in [1.165, 1.54) is 0 Å². The Bertz CT molecular complexity index is 506. The summed E-state index contributed by atoms with van der Waals surface area (Å²) >= 11 is 5.50. The summed E-state index contributed by atoms with van der Waals surface area (Å²) in [5.41, 5.74) is 2.15. The van der Waals surface area contributed by atoms with Gasteiger partial charge in [-0.1, -0.05) is 17.7 Å². The molecule has 0 bridgehead atoms. The van der Waals surface area contributed by atoms with Gasteiger partial charge in [0.15, 0.2) is 6.61 Å². The number of rotatable bonds is 9. The van der Waals surface area contributed by atoms with Crippen LogP contribution in [0.25, 0.3) is 0 Å². The highest BCUT2D eigenvalue weighted by Gasteiger charge is 2.05. The van der Waals surface area contributed by atoms with E-state index in [1.807, 2.05) is 32.0 Å². The van der Waals surface area contributed by atoms with Crippen molar-refractivity contribution < 1.29 is 14.3 Å². The Morgan fingerprint density at radius 3 is 2.45 bits per heavy atom. The molecular formula is C16H23ClN2O3. The van der Waals surface area contributed by atoms with Crippen molar-refractivity contribution in [2.24, 2.45) is 0 Å². The van der Waals surface area contributed by atoms with E-state index >= 15 is 0 Å². The second kappa shape index (κ2) is 10.1. The zero-order valence-corrected chi connectivity index (χ0v) is 13.8. The fourth-order valence-electron chi connectivity index (χ4n) is 1.88. The van der Waals surface area contributed by atoms with E-state index in [0.29, 0.717) is 37.6 Å². The number of halogens is 1. The Balaban J connectivity index is 2.17. The third kappa shape index (κ3) is 7.31. The molecule has 2 amide bonds. The van der Waals surface area contributed by atoms with E-state index in [0.717, 1.165) is 11.1 Å². The second-order valence-corrected chi connectivity index (χ2v) is 5.43. The number of nitrogens with one attached hydrogen (secondary N) is 2. The Kier molecular flexibility index (Phi) is 8.36. The molecule has 0 aliphatic rings. The molecule has 0 atom stereocenters. The lowest BCUT2D eigenvalue weighted by Gasteiger charge is -2.10. The summed E-state index contributed by atoms with van der Waals surface area (Å²) in [4.78, 5) is 23.0. The standard InChI is InChI=1S/C16H23ClN2O3/c1-12-5-6-14(13(2)10-12)22-11-16(21)19-9-8-18-15(20)4-3-7-17/h5-6,10H,3-4,7-9,11H2,1-2H3,(H,18,20)(H,19,21). The molecule has 1 aromatic carbocycles. The smallest absolute Gasteiger partial charge is 0.258 e. The molecule has 0 fully saturated rings. The van der Waals surface area contributed by atoms with Crippen LogP contribution in [0.5, 0.6) is 5.75 Å². The quantitative estimate of drug-likeness (QED) is 0.538. The minimum atomic E-state index is -0.213. The maximum atomic E-state index is 11.6. The summed E-state index contributed by atoms with van der Waals surface area (Å²) in [6.07, 6.45) is 1.07. The Labute approximate surface area is 136 Å². The van der Waals surface area contributed by atoms with Crippen LogP contribution in [0, 0.1) is 13.8 Å². The van der Waals surface area contributed by atoms with Crippen molar-refractivity contribution in [3.8, 4) is 5.75 Å². The summed E-state index contributed by atoms with van der Waals surface area (Å²) in [6, 6.07) is 5.80. The maximum Gasteiger partial charge on any atom is 0.258 e. The van der Waals surface area contributed by atoms with Gasteiger partial charge in [0.25, 0.3) is 5.91 Å². The number of benzene rings is 1. The Morgan fingerprint density at radius 2 is 1.82 bits per heavy atom. The minimum Gasteiger partial charge on any atom is -0.484 e. The number of carbonyl (C=O) groups excluding carboxylic acids is 2. The maximum absolute atomic E-state index is 11.6. The van der Waals surface area contributed by atoms with Gasteiger partial charge in [0.1, 0.15) is 5.75 Å². The van der Waals surface area contributed by atoms with Gasteiger partial charge in [-0.3, -0.25) is 9.59 Å². The number of amides is 2. The Morgan fingerprint density at radius 1 is 1.14 bits per heavy atom. The zero-order chi connectivity index (χ0) is 16.4. The highest BCUT2D eigenvalue weighted by molar-refractivity contribution is 6.17. The van der Waals surface area contributed by atoms with Crippen LogP contribution in [0.4, 0.5) is 0 Å². The van der Waals surface area contributed by atoms with Gasteiger partial charge in [-0.05, 0) is 31.9 Å². The fraction of sp³-hybridized carbons (Fsp3) is 0.500. The third-order valence-electron chi connectivity index (χ3n) is 3.00. The zero-order valence-electron chi connectivity index (χ0n) is 13.1. The fourth-order valence-corrected chi connectivity index (χ4v) is 2.01. The molecule has 0 spiro atoms. The van der Waals surface area contributed by atoms with Crippen molar-refractivity contribution in [2.45, 2.75) is 26.7 Å². The Hall–Kier alpha value is -1.75. The van der Waals surface area contributed by atoms with Gasteiger partial charge in [-0.25, -0.2) is 0 Å². The summed E-state index contributed by atoms with van der Waals surface area (Å²) < 4.78 is 5.47. The normalized spacial score (nSPS) is 10.1. The molecule has 0 aromatic heterocycles. The molecule has 0 saturated heterocycles. The van der Waals surface area contributed by atoms with Crippen LogP contribution in [0.1, 0.15) is 24.0 Å². The van der Waals surface area contributed by atoms with Crippen LogP contribution < -0.4 is 15.4 Å². The number of carbonyl (C=O) groups is 2. The molecule has 6 heteroatoms. The molecule has 22 heavy (non-hydrogen) atoms. The summed E-state index contributed by atoms with van der Waals surface area (Å²) in [7, 11) is 0. The van der Waals surface area contributed by atoms with E-state index in [9.17, 15) is 9.59 Å². The number of ether oxygens (including phenoxy) is 1. The SMILES string of the molecule is Cc1ccc(OCC(=O)NCCNC(=O)CCCCl)c(C)c1. The largest absolute Gasteiger partial charge is 0.484 e. The summed E-state index contributed by atoms with van der Waals surface area (Å²) in [5, 5.41) is 5.40. The van der Waals surface area contributed by atoms with Gasteiger partial charge in [-0.15, -0.1) is 11.6 Å². The van der Waals surface area contributed by atoms with Gasteiger partial charge < -0.3 is 15.4 Å². The van der Waals surface area contributed by atoms with E-state index < -0.39 is 0 Å². The predicted octanol–water partition coefficient (Wildman–Crippen LogP) is 1.93. The predicted molar refractivity (Wildman–Crippen MR) is 87.4 cm³/mol.